The zero-order valence-electron chi connectivity index (χ0n) is 10.7. The summed E-state index contributed by atoms with van der Waals surface area (Å²) >= 11 is 0. The molecule has 0 unspecified atom stereocenters. The zero-order valence-corrected chi connectivity index (χ0v) is 10.7. The molecule has 0 aliphatic carbocycles. The van der Waals surface area contributed by atoms with E-state index in [4.69, 9.17) is 14.6 Å². The number of carboxylic acids is 1. The van der Waals surface area contributed by atoms with E-state index in [1.54, 1.807) is 0 Å². The highest BCUT2D eigenvalue weighted by atomic mass is 16.5. The summed E-state index contributed by atoms with van der Waals surface area (Å²) < 4.78 is 9.77. The number of carbonyl (C=O) groups is 2. The third kappa shape index (κ3) is 4.47. The second-order valence-corrected chi connectivity index (χ2v) is 3.59. The number of nitrogens with one attached hydrogen (secondary N) is 2. The molecule has 1 rings (SSSR count). The number of amides is 2. The largest absolute Gasteiger partial charge is 0.497 e. The molecule has 1 aromatic rings. The van der Waals surface area contributed by atoms with Gasteiger partial charge in [-0.15, -0.1) is 0 Å². The number of hydrogen-bond donors (Lipinski definition) is 3. The Labute approximate surface area is 110 Å². The van der Waals surface area contributed by atoms with E-state index in [9.17, 15) is 9.59 Å². The van der Waals surface area contributed by atoms with E-state index in [1.807, 2.05) is 0 Å². The lowest BCUT2D eigenvalue weighted by Crippen LogP contribution is -2.31. The number of carbonyl (C=O) groups excluding carboxylic acids is 1. The van der Waals surface area contributed by atoms with Gasteiger partial charge in [0.1, 0.15) is 5.75 Å². The number of hydrogen-bond acceptors (Lipinski definition) is 4. The molecule has 0 radical (unpaired) electrons. The van der Waals surface area contributed by atoms with Crippen molar-refractivity contribution in [3.05, 3.63) is 23.8 Å². The van der Waals surface area contributed by atoms with Crippen LogP contribution in [0.25, 0.3) is 0 Å². The van der Waals surface area contributed by atoms with Crippen LogP contribution in [0.15, 0.2) is 18.2 Å². The van der Waals surface area contributed by atoms with Gasteiger partial charge < -0.3 is 25.2 Å². The fourth-order valence-electron chi connectivity index (χ4n) is 1.37. The molecule has 2 amide bonds. The van der Waals surface area contributed by atoms with Gasteiger partial charge in [0.15, 0.2) is 0 Å². The number of methoxy groups -OCH3 is 2. The van der Waals surface area contributed by atoms with Crippen LogP contribution in [0, 0.1) is 0 Å². The first-order valence-corrected chi connectivity index (χ1v) is 5.53. The summed E-state index contributed by atoms with van der Waals surface area (Å²) in [6.45, 7) is 0.700. The molecule has 1 aromatic carbocycles. The Bertz CT molecular complexity index is 461. The summed E-state index contributed by atoms with van der Waals surface area (Å²) in [6, 6.07) is 3.82. The van der Waals surface area contributed by atoms with Crippen LogP contribution in [0.4, 0.5) is 10.5 Å². The molecule has 3 N–H and O–H groups in total. The van der Waals surface area contributed by atoms with E-state index >= 15 is 0 Å². The van der Waals surface area contributed by atoms with Crippen molar-refractivity contribution >= 4 is 17.7 Å². The second kappa shape index (κ2) is 7.22. The van der Waals surface area contributed by atoms with Crippen molar-refractivity contribution in [2.45, 2.75) is 0 Å². The summed E-state index contributed by atoms with van der Waals surface area (Å²) in [5, 5.41) is 14.0. The normalized spacial score (nSPS) is 9.79. The number of carboxylic acid groups (broad SMARTS) is 1. The summed E-state index contributed by atoms with van der Waals surface area (Å²) in [5.74, 6) is -0.674. The maximum Gasteiger partial charge on any atom is 0.337 e. The van der Waals surface area contributed by atoms with Gasteiger partial charge in [-0.1, -0.05) is 0 Å². The van der Waals surface area contributed by atoms with Gasteiger partial charge in [-0.3, -0.25) is 0 Å². The quantitative estimate of drug-likeness (QED) is 0.673. The molecule has 0 heterocycles. The average Bonchev–Trinajstić information content (AvgIpc) is 2.38. The minimum Gasteiger partial charge on any atom is -0.497 e. The first-order chi connectivity index (χ1) is 9.08. The lowest BCUT2D eigenvalue weighted by molar-refractivity contribution is 0.0698. The van der Waals surface area contributed by atoms with Crippen LogP contribution >= 0.6 is 0 Å². The molecule has 0 aliphatic rings. The molecule has 19 heavy (non-hydrogen) atoms. The lowest BCUT2D eigenvalue weighted by atomic mass is 10.1. The van der Waals surface area contributed by atoms with E-state index in [-0.39, 0.29) is 11.3 Å². The molecular formula is C12H16N2O5. The zero-order chi connectivity index (χ0) is 14.3. The molecule has 104 valence electrons. The SMILES string of the molecule is COCCNC(=O)Nc1cc(OC)ccc1C(=O)O. The first-order valence-electron chi connectivity index (χ1n) is 5.53. The van der Waals surface area contributed by atoms with Gasteiger partial charge >= 0.3 is 12.0 Å². The molecule has 0 aliphatic heterocycles. The van der Waals surface area contributed by atoms with E-state index in [1.165, 1.54) is 32.4 Å². The van der Waals surface area contributed by atoms with Crippen molar-refractivity contribution < 1.29 is 24.2 Å². The minimum atomic E-state index is -1.13. The van der Waals surface area contributed by atoms with Crippen molar-refractivity contribution in [3.8, 4) is 5.75 Å². The van der Waals surface area contributed by atoms with Gasteiger partial charge in [-0.05, 0) is 12.1 Å². The van der Waals surface area contributed by atoms with Gasteiger partial charge in [-0.2, -0.15) is 0 Å². The van der Waals surface area contributed by atoms with E-state index < -0.39 is 12.0 Å². The van der Waals surface area contributed by atoms with Crippen molar-refractivity contribution in [3.63, 3.8) is 0 Å². The van der Waals surface area contributed by atoms with Crippen molar-refractivity contribution in [1.29, 1.82) is 0 Å². The standard InChI is InChI=1S/C12H16N2O5/c1-18-6-5-13-12(17)14-10-7-8(19-2)3-4-9(10)11(15)16/h3-4,7H,5-6H2,1-2H3,(H,15,16)(H2,13,14,17). The number of anilines is 1. The smallest absolute Gasteiger partial charge is 0.337 e. The van der Waals surface area contributed by atoms with Crippen LogP contribution in [0.5, 0.6) is 5.75 Å². The molecule has 0 fully saturated rings. The first kappa shape index (κ1) is 14.8. The molecule has 0 saturated carbocycles. The van der Waals surface area contributed by atoms with Crippen LogP contribution < -0.4 is 15.4 Å². The van der Waals surface area contributed by atoms with Crippen molar-refractivity contribution in [2.24, 2.45) is 0 Å². The topological polar surface area (TPSA) is 96.9 Å². The highest BCUT2D eigenvalue weighted by molar-refractivity contribution is 6.00. The number of rotatable bonds is 6. The third-order valence-electron chi connectivity index (χ3n) is 2.30. The van der Waals surface area contributed by atoms with E-state index in [0.717, 1.165) is 0 Å². The van der Waals surface area contributed by atoms with Gasteiger partial charge in [0.05, 0.1) is 25.0 Å². The Morgan fingerprint density at radius 2 is 2.05 bits per heavy atom. The third-order valence-corrected chi connectivity index (χ3v) is 2.30. The fraction of sp³-hybridized carbons (Fsp3) is 0.333. The Hall–Kier alpha value is -2.28. The van der Waals surface area contributed by atoms with Gasteiger partial charge in [0.2, 0.25) is 0 Å². The highest BCUT2D eigenvalue weighted by Gasteiger charge is 2.13. The maximum atomic E-state index is 11.6. The van der Waals surface area contributed by atoms with Crippen LogP contribution in [0.2, 0.25) is 0 Å². The van der Waals surface area contributed by atoms with Crippen molar-refractivity contribution in [2.75, 3.05) is 32.7 Å². The monoisotopic (exact) mass is 268 g/mol. The van der Waals surface area contributed by atoms with Crippen LogP contribution in [0.3, 0.4) is 0 Å². The highest BCUT2D eigenvalue weighted by Crippen LogP contribution is 2.22. The lowest BCUT2D eigenvalue weighted by Gasteiger charge is -2.11. The van der Waals surface area contributed by atoms with Crippen LogP contribution in [0.1, 0.15) is 10.4 Å². The molecule has 7 heteroatoms. The molecule has 0 aromatic heterocycles. The van der Waals surface area contributed by atoms with E-state index in [0.29, 0.717) is 18.9 Å². The Balaban J connectivity index is 2.79. The van der Waals surface area contributed by atoms with Gasteiger partial charge in [0, 0.05) is 19.7 Å². The van der Waals surface area contributed by atoms with Gasteiger partial charge in [0.25, 0.3) is 0 Å². The number of aromatic carboxylic acids is 1. The second-order valence-electron chi connectivity index (χ2n) is 3.59. The minimum absolute atomic E-state index is 0.0114. The molecule has 7 nitrogen and oxygen atoms in total. The predicted molar refractivity (Wildman–Crippen MR) is 68.9 cm³/mol. The molecular weight excluding hydrogens is 252 g/mol. The summed E-state index contributed by atoms with van der Waals surface area (Å²) in [6.07, 6.45) is 0. The summed E-state index contributed by atoms with van der Waals surface area (Å²) in [5.41, 5.74) is 0.157. The number of ether oxygens (including phenoxy) is 2. The van der Waals surface area contributed by atoms with E-state index in [2.05, 4.69) is 10.6 Å². The van der Waals surface area contributed by atoms with Gasteiger partial charge in [-0.25, -0.2) is 9.59 Å². The number of urea groups is 1. The van der Waals surface area contributed by atoms with Crippen LogP contribution in [-0.2, 0) is 4.74 Å². The molecule has 0 atom stereocenters. The fourth-order valence-corrected chi connectivity index (χ4v) is 1.37. The molecule has 0 bridgehead atoms. The number of benzene rings is 1. The van der Waals surface area contributed by atoms with Crippen LogP contribution in [-0.4, -0.2) is 44.5 Å². The maximum absolute atomic E-state index is 11.6. The Morgan fingerprint density at radius 3 is 2.63 bits per heavy atom. The average molecular weight is 268 g/mol. The summed E-state index contributed by atoms with van der Waals surface area (Å²) in [7, 11) is 2.97. The van der Waals surface area contributed by atoms with Crippen molar-refractivity contribution in [1.82, 2.24) is 5.32 Å². The summed E-state index contributed by atoms with van der Waals surface area (Å²) in [4.78, 5) is 22.6. The predicted octanol–water partition coefficient (Wildman–Crippen LogP) is 1.16. The Morgan fingerprint density at radius 1 is 1.32 bits per heavy atom. The molecule has 0 saturated heterocycles. The Kier molecular flexibility index (Phi) is 5.62. The molecule has 0 spiro atoms.